The van der Waals surface area contributed by atoms with E-state index >= 15 is 0 Å². The van der Waals surface area contributed by atoms with Gasteiger partial charge < -0.3 is 10.5 Å². The molecule has 0 fully saturated rings. The molecule has 0 heterocycles. The van der Waals surface area contributed by atoms with Gasteiger partial charge >= 0.3 is 6.03 Å². The fourth-order valence-electron chi connectivity index (χ4n) is 1.10. The number of rotatable bonds is 8. The third-order valence-corrected chi connectivity index (χ3v) is 1.95. The quantitative estimate of drug-likeness (QED) is 0.255. The number of nitrogens with two attached hydrogens (primary N) is 1. The van der Waals surface area contributed by atoms with Crippen molar-refractivity contribution < 1.29 is 9.53 Å². The van der Waals surface area contributed by atoms with Crippen LogP contribution in [0.1, 0.15) is 32.6 Å². The minimum absolute atomic E-state index is 0.128. The van der Waals surface area contributed by atoms with E-state index in [1.807, 2.05) is 0 Å². The van der Waals surface area contributed by atoms with E-state index in [-0.39, 0.29) is 5.84 Å². The third kappa shape index (κ3) is 9.21. The Morgan fingerprint density at radius 3 is 2.62 bits per heavy atom. The Morgan fingerprint density at radius 2 is 2.06 bits per heavy atom. The van der Waals surface area contributed by atoms with Crippen molar-refractivity contribution in [3.63, 3.8) is 0 Å². The molecular weight excluding hydrogens is 206 g/mol. The molecule has 0 atom stereocenters. The number of hydrogen-bond acceptors (Lipinski definition) is 3. The Kier molecular flexibility index (Phi) is 8.15. The monoisotopic (exact) mass is 227 g/mol. The van der Waals surface area contributed by atoms with Crippen molar-refractivity contribution in [2.45, 2.75) is 32.6 Å². The molecule has 0 aliphatic rings. The van der Waals surface area contributed by atoms with E-state index in [9.17, 15) is 4.79 Å². The summed E-state index contributed by atoms with van der Waals surface area (Å²) in [6.45, 7) is 7.38. The predicted octanol–water partition coefficient (Wildman–Crippen LogP) is 1.79. The molecule has 0 aliphatic carbocycles. The molecule has 0 aromatic rings. The molecule has 5 nitrogen and oxygen atoms in total. The van der Waals surface area contributed by atoms with Crippen LogP contribution in [0.4, 0.5) is 4.79 Å². The van der Waals surface area contributed by atoms with Crippen molar-refractivity contribution in [2.24, 2.45) is 5.73 Å². The fraction of sp³-hybridized carbons (Fsp3) is 0.636. The average Bonchev–Trinajstić information content (AvgIpc) is 2.20. The summed E-state index contributed by atoms with van der Waals surface area (Å²) in [4.78, 5) is 10.4. The van der Waals surface area contributed by atoms with Gasteiger partial charge in [-0.1, -0.05) is 19.1 Å². The van der Waals surface area contributed by atoms with Gasteiger partial charge in [0.2, 0.25) is 0 Å². The maximum absolute atomic E-state index is 10.4. The predicted molar refractivity (Wildman–Crippen MR) is 64.5 cm³/mol. The number of amides is 2. The summed E-state index contributed by atoms with van der Waals surface area (Å²) in [5.41, 5.74) is 5.90. The summed E-state index contributed by atoms with van der Waals surface area (Å²) in [7, 11) is 0. The molecule has 92 valence electrons. The van der Waals surface area contributed by atoms with Crippen LogP contribution in [-0.4, -0.2) is 25.1 Å². The lowest BCUT2D eigenvalue weighted by atomic mass is 10.1. The van der Waals surface area contributed by atoms with Crippen LogP contribution in [0, 0.1) is 5.41 Å². The van der Waals surface area contributed by atoms with Crippen LogP contribution in [0.2, 0.25) is 0 Å². The second kappa shape index (κ2) is 8.91. The van der Waals surface area contributed by atoms with Gasteiger partial charge in [0.05, 0.1) is 6.61 Å². The smallest absolute Gasteiger partial charge is 0.317 e. The molecule has 0 bridgehead atoms. The average molecular weight is 227 g/mol. The van der Waals surface area contributed by atoms with Crippen LogP contribution < -0.4 is 11.1 Å². The normalized spacial score (nSPS) is 9.81. The van der Waals surface area contributed by atoms with Crippen LogP contribution >= 0.6 is 0 Å². The highest BCUT2D eigenvalue weighted by molar-refractivity contribution is 5.95. The number of ether oxygens (including phenoxy) is 1. The van der Waals surface area contributed by atoms with Gasteiger partial charge in [-0.25, -0.2) is 4.79 Å². The van der Waals surface area contributed by atoms with Crippen molar-refractivity contribution in [3.8, 4) is 0 Å². The zero-order valence-electron chi connectivity index (χ0n) is 9.84. The minimum Gasteiger partial charge on any atom is -0.381 e. The van der Waals surface area contributed by atoms with Crippen molar-refractivity contribution >= 4 is 11.9 Å². The largest absolute Gasteiger partial charge is 0.381 e. The molecular formula is C11H21N3O2. The molecule has 0 radical (unpaired) electrons. The number of carbonyl (C=O) groups excluding carboxylic acids is 1. The van der Waals surface area contributed by atoms with E-state index in [0.717, 1.165) is 25.0 Å². The first kappa shape index (κ1) is 14.6. The van der Waals surface area contributed by atoms with Crippen LogP contribution in [0.15, 0.2) is 12.2 Å². The number of urea groups is 1. The number of nitrogens with one attached hydrogen (secondary N) is 2. The standard InChI is InChI=1S/C11H21N3O2/c1-3-7-16-8-6-9(2)4-5-10(12)14-11(13)15/h2-8H2,1H3,(H4,12,13,14,15). The highest BCUT2D eigenvalue weighted by Gasteiger charge is 2.01. The summed E-state index contributed by atoms with van der Waals surface area (Å²) >= 11 is 0. The van der Waals surface area contributed by atoms with E-state index in [1.54, 1.807) is 0 Å². The lowest BCUT2D eigenvalue weighted by Gasteiger charge is -2.07. The first-order valence-electron chi connectivity index (χ1n) is 5.44. The van der Waals surface area contributed by atoms with Crippen LogP contribution in [0.3, 0.4) is 0 Å². The topological polar surface area (TPSA) is 88.2 Å². The Labute approximate surface area is 96.5 Å². The zero-order valence-corrected chi connectivity index (χ0v) is 9.84. The Morgan fingerprint density at radius 1 is 1.38 bits per heavy atom. The van der Waals surface area contributed by atoms with Gasteiger partial charge in [0.1, 0.15) is 5.84 Å². The molecule has 2 amide bonds. The second-order valence-corrected chi connectivity index (χ2v) is 3.58. The van der Waals surface area contributed by atoms with E-state index in [2.05, 4.69) is 18.8 Å². The molecule has 5 heteroatoms. The summed E-state index contributed by atoms with van der Waals surface area (Å²) in [5.74, 6) is 0.128. The molecule has 0 rings (SSSR count). The number of primary amides is 1. The first-order valence-corrected chi connectivity index (χ1v) is 5.44. The molecule has 0 saturated heterocycles. The summed E-state index contributed by atoms with van der Waals surface area (Å²) < 4.78 is 5.32. The van der Waals surface area contributed by atoms with E-state index in [1.165, 1.54) is 0 Å². The van der Waals surface area contributed by atoms with E-state index in [0.29, 0.717) is 19.4 Å². The van der Waals surface area contributed by atoms with Crippen LogP contribution in [0.25, 0.3) is 0 Å². The molecule has 0 saturated carbocycles. The van der Waals surface area contributed by atoms with E-state index in [4.69, 9.17) is 15.9 Å². The zero-order chi connectivity index (χ0) is 12.4. The van der Waals surface area contributed by atoms with Crippen molar-refractivity contribution in [1.82, 2.24) is 5.32 Å². The molecule has 4 N–H and O–H groups in total. The number of carbonyl (C=O) groups is 1. The second-order valence-electron chi connectivity index (χ2n) is 3.58. The van der Waals surface area contributed by atoms with E-state index < -0.39 is 6.03 Å². The Balaban J connectivity index is 3.49. The van der Waals surface area contributed by atoms with Crippen LogP contribution in [0.5, 0.6) is 0 Å². The Bertz CT molecular complexity index is 252. The fourth-order valence-corrected chi connectivity index (χ4v) is 1.10. The molecule has 0 aromatic heterocycles. The Hall–Kier alpha value is -1.36. The summed E-state index contributed by atoms with van der Waals surface area (Å²) in [6.07, 6.45) is 2.94. The molecule has 0 unspecified atom stereocenters. The van der Waals surface area contributed by atoms with Gasteiger partial charge in [0.15, 0.2) is 0 Å². The highest BCUT2D eigenvalue weighted by Crippen LogP contribution is 2.07. The first-order chi connectivity index (χ1) is 7.56. The number of amidine groups is 1. The third-order valence-electron chi connectivity index (χ3n) is 1.95. The lowest BCUT2D eigenvalue weighted by Crippen LogP contribution is -2.34. The minimum atomic E-state index is -0.693. The van der Waals surface area contributed by atoms with Gasteiger partial charge in [-0.3, -0.25) is 10.7 Å². The van der Waals surface area contributed by atoms with Gasteiger partial charge in [-0.05, 0) is 19.3 Å². The molecule has 0 aliphatic heterocycles. The van der Waals surface area contributed by atoms with Crippen molar-refractivity contribution in [1.29, 1.82) is 5.41 Å². The maximum atomic E-state index is 10.4. The lowest BCUT2D eigenvalue weighted by molar-refractivity contribution is 0.137. The SMILES string of the molecule is C=C(CCOCCC)CCC(=N)NC(N)=O. The summed E-state index contributed by atoms with van der Waals surface area (Å²) in [5, 5.41) is 9.60. The number of hydrogen-bond donors (Lipinski definition) is 3. The molecule has 16 heavy (non-hydrogen) atoms. The maximum Gasteiger partial charge on any atom is 0.317 e. The van der Waals surface area contributed by atoms with Gasteiger partial charge in [0, 0.05) is 13.0 Å². The van der Waals surface area contributed by atoms with Crippen molar-refractivity contribution in [3.05, 3.63) is 12.2 Å². The highest BCUT2D eigenvalue weighted by atomic mass is 16.5. The molecule has 0 aromatic carbocycles. The van der Waals surface area contributed by atoms with Gasteiger partial charge in [-0.15, -0.1) is 0 Å². The van der Waals surface area contributed by atoms with Gasteiger partial charge in [-0.2, -0.15) is 0 Å². The molecule has 0 spiro atoms. The van der Waals surface area contributed by atoms with Gasteiger partial charge in [0.25, 0.3) is 0 Å². The summed E-state index contributed by atoms with van der Waals surface area (Å²) in [6, 6.07) is -0.693. The van der Waals surface area contributed by atoms with Crippen molar-refractivity contribution in [2.75, 3.05) is 13.2 Å². The van der Waals surface area contributed by atoms with Crippen LogP contribution in [-0.2, 0) is 4.74 Å².